The largest absolute Gasteiger partial charge is 0.311 e. The van der Waals surface area contributed by atoms with Crippen LogP contribution in [0.15, 0.2) is 59.8 Å². The maximum atomic E-state index is 13.1. The number of carbonyl (C=O) groups excluding carboxylic acids is 1. The van der Waals surface area contributed by atoms with Crippen molar-refractivity contribution in [1.82, 2.24) is 20.2 Å². The lowest BCUT2D eigenvalue weighted by atomic mass is 10.0. The van der Waals surface area contributed by atoms with Gasteiger partial charge < -0.3 is 4.90 Å². The zero-order valence-electron chi connectivity index (χ0n) is 15.2. The summed E-state index contributed by atoms with van der Waals surface area (Å²) in [5.41, 5.74) is 3.39. The van der Waals surface area contributed by atoms with Crippen molar-refractivity contribution in [3.05, 3.63) is 65.7 Å². The van der Waals surface area contributed by atoms with Crippen molar-refractivity contribution in [3.63, 3.8) is 0 Å². The molecule has 1 amide bonds. The number of rotatable bonds is 5. The highest BCUT2D eigenvalue weighted by Gasteiger charge is 2.28. The second-order valence-electron chi connectivity index (χ2n) is 6.59. The topological polar surface area (TPSA) is 63.9 Å². The van der Waals surface area contributed by atoms with Crippen molar-refractivity contribution in [3.8, 4) is 0 Å². The standard InChI is InChI=1S/C20H21N5OS/c1-15(19(26)24-13-7-11-17-10-5-6-12-18(17)24)27-20-21-22-23-25(20)14-16-8-3-2-4-9-16/h2-6,8-10,12,15H,7,11,13-14H2,1H3. The van der Waals surface area contributed by atoms with E-state index >= 15 is 0 Å². The zero-order valence-corrected chi connectivity index (χ0v) is 16.0. The molecule has 4 rings (SSSR count). The van der Waals surface area contributed by atoms with Gasteiger partial charge in [-0.05, 0) is 47.4 Å². The highest BCUT2D eigenvalue weighted by atomic mass is 32.2. The van der Waals surface area contributed by atoms with Crippen LogP contribution < -0.4 is 4.90 Å². The Hall–Kier alpha value is -2.67. The highest BCUT2D eigenvalue weighted by Crippen LogP contribution is 2.30. The van der Waals surface area contributed by atoms with Gasteiger partial charge in [-0.2, -0.15) is 0 Å². The van der Waals surface area contributed by atoms with Crippen LogP contribution >= 0.6 is 11.8 Å². The van der Waals surface area contributed by atoms with Gasteiger partial charge in [0.2, 0.25) is 11.1 Å². The molecule has 2 heterocycles. The van der Waals surface area contributed by atoms with E-state index in [1.165, 1.54) is 17.3 Å². The monoisotopic (exact) mass is 379 g/mol. The summed E-state index contributed by atoms with van der Waals surface area (Å²) < 4.78 is 1.74. The molecular weight excluding hydrogens is 358 g/mol. The maximum absolute atomic E-state index is 13.1. The van der Waals surface area contributed by atoms with Crippen LogP contribution in [-0.4, -0.2) is 37.9 Å². The molecule has 0 bridgehead atoms. The minimum atomic E-state index is -0.267. The minimum Gasteiger partial charge on any atom is -0.311 e. The molecule has 1 aliphatic rings. The molecule has 0 spiro atoms. The van der Waals surface area contributed by atoms with Crippen LogP contribution in [0.5, 0.6) is 0 Å². The minimum absolute atomic E-state index is 0.0985. The third-order valence-corrected chi connectivity index (χ3v) is 5.74. The molecule has 1 unspecified atom stereocenters. The number of benzene rings is 2. The van der Waals surface area contributed by atoms with E-state index in [0.717, 1.165) is 30.6 Å². The lowest BCUT2D eigenvalue weighted by Gasteiger charge is -2.31. The molecule has 3 aromatic rings. The lowest BCUT2D eigenvalue weighted by molar-refractivity contribution is -0.117. The number of anilines is 1. The van der Waals surface area contributed by atoms with E-state index in [4.69, 9.17) is 0 Å². The van der Waals surface area contributed by atoms with Crippen molar-refractivity contribution < 1.29 is 4.79 Å². The first-order chi connectivity index (χ1) is 13.2. The first kappa shape index (κ1) is 17.7. The molecule has 2 aromatic carbocycles. The molecule has 7 heteroatoms. The van der Waals surface area contributed by atoms with E-state index in [1.54, 1.807) is 4.68 Å². The summed E-state index contributed by atoms with van der Waals surface area (Å²) in [7, 11) is 0. The van der Waals surface area contributed by atoms with Crippen molar-refractivity contribution in [2.24, 2.45) is 0 Å². The number of aryl methyl sites for hydroxylation is 1. The molecule has 0 aliphatic carbocycles. The molecule has 27 heavy (non-hydrogen) atoms. The highest BCUT2D eigenvalue weighted by molar-refractivity contribution is 8.00. The van der Waals surface area contributed by atoms with E-state index in [-0.39, 0.29) is 11.2 Å². The van der Waals surface area contributed by atoms with Gasteiger partial charge in [-0.3, -0.25) is 4.79 Å². The van der Waals surface area contributed by atoms with E-state index in [9.17, 15) is 4.79 Å². The molecule has 138 valence electrons. The summed E-state index contributed by atoms with van der Waals surface area (Å²) >= 11 is 1.41. The second-order valence-corrected chi connectivity index (χ2v) is 7.89. The van der Waals surface area contributed by atoms with E-state index in [0.29, 0.717) is 11.7 Å². The van der Waals surface area contributed by atoms with Gasteiger partial charge in [-0.1, -0.05) is 60.3 Å². The molecule has 1 aliphatic heterocycles. The number of amides is 1. The van der Waals surface area contributed by atoms with Crippen LogP contribution in [0.1, 0.15) is 24.5 Å². The van der Waals surface area contributed by atoms with E-state index < -0.39 is 0 Å². The fraction of sp³-hybridized carbons (Fsp3) is 0.300. The quantitative estimate of drug-likeness (QED) is 0.637. The SMILES string of the molecule is CC(Sc1nnnn1Cc1ccccc1)C(=O)N1CCCc2ccccc21. The number of hydrogen-bond acceptors (Lipinski definition) is 5. The molecule has 0 radical (unpaired) electrons. The van der Waals surface area contributed by atoms with Gasteiger partial charge in [0.25, 0.3) is 0 Å². The van der Waals surface area contributed by atoms with Crippen LogP contribution in [0, 0.1) is 0 Å². The number of tetrazole rings is 1. The number of fused-ring (bicyclic) bond motifs is 1. The Balaban J connectivity index is 1.48. The smallest absolute Gasteiger partial charge is 0.240 e. The van der Waals surface area contributed by atoms with Gasteiger partial charge in [0, 0.05) is 12.2 Å². The first-order valence-electron chi connectivity index (χ1n) is 9.08. The molecule has 1 atom stereocenters. The third-order valence-electron chi connectivity index (χ3n) is 4.68. The van der Waals surface area contributed by atoms with Crippen LogP contribution in [0.2, 0.25) is 0 Å². The summed E-state index contributed by atoms with van der Waals surface area (Å²) in [5.74, 6) is 0.0985. The van der Waals surface area contributed by atoms with Crippen LogP contribution in [0.25, 0.3) is 0 Å². The predicted molar refractivity (Wildman–Crippen MR) is 106 cm³/mol. The fourth-order valence-corrected chi connectivity index (χ4v) is 4.18. The number of nitrogens with zero attached hydrogens (tertiary/aromatic N) is 5. The maximum Gasteiger partial charge on any atom is 0.240 e. The average molecular weight is 379 g/mol. The Labute approximate surface area is 162 Å². The fourth-order valence-electron chi connectivity index (χ4n) is 3.33. The summed E-state index contributed by atoms with van der Waals surface area (Å²) in [5, 5.41) is 12.4. The van der Waals surface area contributed by atoms with Crippen molar-refractivity contribution in [2.75, 3.05) is 11.4 Å². The molecule has 6 nitrogen and oxygen atoms in total. The normalized spacial score (nSPS) is 14.6. The molecule has 1 aromatic heterocycles. The van der Waals surface area contributed by atoms with Gasteiger partial charge in [-0.25, -0.2) is 4.68 Å². The summed E-state index contributed by atoms with van der Waals surface area (Å²) in [4.78, 5) is 15.0. The number of hydrogen-bond donors (Lipinski definition) is 0. The number of carbonyl (C=O) groups is 1. The Kier molecular flexibility index (Phi) is 5.20. The molecule has 0 fully saturated rings. The predicted octanol–water partition coefficient (Wildman–Crippen LogP) is 3.18. The molecular formula is C20H21N5OS. The number of thioether (sulfide) groups is 1. The molecule has 0 saturated heterocycles. The summed E-state index contributed by atoms with van der Waals surface area (Å²) in [6, 6.07) is 18.2. The molecule has 0 N–H and O–H groups in total. The van der Waals surface area contributed by atoms with Crippen molar-refractivity contribution >= 4 is 23.4 Å². The van der Waals surface area contributed by atoms with E-state index in [2.05, 4.69) is 21.6 Å². The summed E-state index contributed by atoms with van der Waals surface area (Å²) in [6.07, 6.45) is 2.02. The zero-order chi connectivity index (χ0) is 18.6. The number of aromatic nitrogens is 4. The van der Waals surface area contributed by atoms with Gasteiger partial charge in [0.1, 0.15) is 0 Å². The van der Waals surface area contributed by atoms with Gasteiger partial charge in [-0.15, -0.1) is 5.10 Å². The van der Waals surface area contributed by atoms with Crippen LogP contribution in [0.4, 0.5) is 5.69 Å². The third kappa shape index (κ3) is 3.88. The van der Waals surface area contributed by atoms with Crippen molar-refractivity contribution in [1.29, 1.82) is 0 Å². The van der Waals surface area contributed by atoms with Gasteiger partial charge in [0.15, 0.2) is 0 Å². The summed E-state index contributed by atoms with van der Waals surface area (Å²) in [6.45, 7) is 3.27. The Morgan fingerprint density at radius 2 is 1.93 bits per heavy atom. The number of para-hydroxylation sites is 1. The lowest BCUT2D eigenvalue weighted by Crippen LogP contribution is -2.40. The van der Waals surface area contributed by atoms with Gasteiger partial charge >= 0.3 is 0 Å². The van der Waals surface area contributed by atoms with Crippen LogP contribution in [0.3, 0.4) is 0 Å². The molecule has 0 saturated carbocycles. The second kappa shape index (κ2) is 7.92. The first-order valence-corrected chi connectivity index (χ1v) is 9.96. The Morgan fingerprint density at radius 3 is 2.78 bits per heavy atom. The Morgan fingerprint density at radius 1 is 1.15 bits per heavy atom. The average Bonchev–Trinajstić information content (AvgIpc) is 3.14. The van der Waals surface area contributed by atoms with Crippen molar-refractivity contribution in [2.45, 2.75) is 36.7 Å². The Bertz CT molecular complexity index is 927. The van der Waals surface area contributed by atoms with E-state index in [1.807, 2.05) is 60.4 Å². The van der Waals surface area contributed by atoms with Gasteiger partial charge in [0.05, 0.1) is 11.8 Å². The van der Waals surface area contributed by atoms with Crippen LogP contribution in [-0.2, 0) is 17.8 Å².